The highest BCUT2D eigenvalue weighted by Crippen LogP contribution is 2.26. The highest BCUT2D eigenvalue weighted by Gasteiger charge is 2.23. The number of aryl methyl sites for hydroxylation is 1. The third-order valence-corrected chi connectivity index (χ3v) is 6.67. The van der Waals surface area contributed by atoms with Crippen molar-refractivity contribution in [1.82, 2.24) is 4.72 Å². The van der Waals surface area contributed by atoms with Crippen LogP contribution in [0.1, 0.15) is 35.6 Å². The van der Waals surface area contributed by atoms with E-state index in [1.165, 1.54) is 38.5 Å². The fourth-order valence-corrected chi connectivity index (χ4v) is 4.59. The minimum absolute atomic E-state index is 0.0924. The summed E-state index contributed by atoms with van der Waals surface area (Å²) in [6.45, 7) is 0. The van der Waals surface area contributed by atoms with Crippen LogP contribution in [-0.2, 0) is 26.0 Å². The standard InChI is InChI=1S/C25H26FNO5S/c1-31-22-14-16-23(17-15-22)33(29,30)27-25(20-10-12-21(26)13-11-20)19-8-6-18(7-9-19)4-3-5-24(28)32-2/h6-17,25,27H,3-5H2,1-2H3. The number of esters is 1. The lowest BCUT2D eigenvalue weighted by Gasteiger charge is -2.20. The number of methoxy groups -OCH3 is 2. The summed E-state index contributed by atoms with van der Waals surface area (Å²) in [5.74, 6) is -0.112. The van der Waals surface area contributed by atoms with Gasteiger partial charge in [-0.15, -0.1) is 0 Å². The number of nitrogens with one attached hydrogen (secondary N) is 1. The van der Waals surface area contributed by atoms with Crippen molar-refractivity contribution in [2.75, 3.05) is 14.2 Å². The number of benzene rings is 3. The average molecular weight is 472 g/mol. The van der Waals surface area contributed by atoms with Gasteiger partial charge in [0.25, 0.3) is 0 Å². The van der Waals surface area contributed by atoms with Gasteiger partial charge in [0.05, 0.1) is 25.2 Å². The van der Waals surface area contributed by atoms with Crippen molar-refractivity contribution in [2.24, 2.45) is 0 Å². The van der Waals surface area contributed by atoms with Crippen molar-refractivity contribution in [3.8, 4) is 5.75 Å². The van der Waals surface area contributed by atoms with Gasteiger partial charge in [0.2, 0.25) is 10.0 Å². The zero-order valence-electron chi connectivity index (χ0n) is 18.5. The number of ether oxygens (including phenoxy) is 2. The van der Waals surface area contributed by atoms with Crippen LogP contribution >= 0.6 is 0 Å². The zero-order chi connectivity index (χ0) is 23.8. The van der Waals surface area contributed by atoms with Crippen molar-refractivity contribution >= 4 is 16.0 Å². The summed E-state index contributed by atoms with van der Waals surface area (Å²) in [7, 11) is -1.01. The molecule has 0 saturated heterocycles. The van der Waals surface area contributed by atoms with Crippen LogP contribution in [-0.4, -0.2) is 28.6 Å². The second-order valence-corrected chi connectivity index (χ2v) is 9.17. The SMILES string of the molecule is COC(=O)CCCc1ccc(C(NS(=O)(=O)c2ccc(OC)cc2)c2ccc(F)cc2)cc1. The molecule has 0 aliphatic heterocycles. The van der Waals surface area contributed by atoms with Gasteiger partial charge in [-0.05, 0) is 65.9 Å². The molecule has 6 nitrogen and oxygen atoms in total. The Bertz CT molecular complexity index is 1160. The predicted molar refractivity (Wildman–Crippen MR) is 123 cm³/mol. The maximum Gasteiger partial charge on any atom is 0.305 e. The summed E-state index contributed by atoms with van der Waals surface area (Å²) in [6, 6.07) is 18.5. The van der Waals surface area contributed by atoms with Crippen molar-refractivity contribution in [3.05, 3.63) is 95.3 Å². The van der Waals surface area contributed by atoms with E-state index in [9.17, 15) is 17.6 Å². The molecule has 0 aliphatic rings. The van der Waals surface area contributed by atoms with Crippen molar-refractivity contribution < 1.29 is 27.1 Å². The van der Waals surface area contributed by atoms with E-state index in [1.54, 1.807) is 24.3 Å². The Balaban J connectivity index is 1.85. The zero-order valence-corrected chi connectivity index (χ0v) is 19.3. The Hall–Kier alpha value is -3.23. The number of hydrogen-bond acceptors (Lipinski definition) is 5. The Morgan fingerprint density at radius 3 is 2.03 bits per heavy atom. The van der Waals surface area contributed by atoms with Crippen LogP contribution in [0.5, 0.6) is 5.75 Å². The normalized spacial score (nSPS) is 12.2. The summed E-state index contributed by atoms with van der Waals surface area (Å²) in [5.41, 5.74) is 2.32. The lowest BCUT2D eigenvalue weighted by Crippen LogP contribution is -2.29. The first kappa shape index (κ1) is 24.4. The molecule has 1 N–H and O–H groups in total. The summed E-state index contributed by atoms with van der Waals surface area (Å²) >= 11 is 0. The Morgan fingerprint density at radius 2 is 1.48 bits per heavy atom. The molecule has 0 spiro atoms. The van der Waals surface area contributed by atoms with E-state index in [-0.39, 0.29) is 10.9 Å². The van der Waals surface area contributed by atoms with Crippen LogP contribution < -0.4 is 9.46 Å². The molecule has 0 amide bonds. The summed E-state index contributed by atoms with van der Waals surface area (Å²) < 4.78 is 52.2. The molecule has 174 valence electrons. The molecule has 0 heterocycles. The molecule has 0 radical (unpaired) electrons. The van der Waals surface area contributed by atoms with Gasteiger partial charge in [0.1, 0.15) is 11.6 Å². The molecule has 1 atom stereocenters. The van der Waals surface area contributed by atoms with E-state index in [0.29, 0.717) is 36.1 Å². The number of carbonyl (C=O) groups is 1. The maximum absolute atomic E-state index is 13.5. The highest BCUT2D eigenvalue weighted by molar-refractivity contribution is 7.89. The molecule has 3 aromatic carbocycles. The molecule has 3 aromatic rings. The molecule has 8 heteroatoms. The molecule has 3 rings (SSSR count). The smallest absolute Gasteiger partial charge is 0.305 e. The first-order valence-electron chi connectivity index (χ1n) is 10.4. The Labute approximate surface area is 193 Å². The third-order valence-electron chi connectivity index (χ3n) is 5.23. The van der Waals surface area contributed by atoms with E-state index in [0.717, 1.165) is 5.56 Å². The number of sulfonamides is 1. The van der Waals surface area contributed by atoms with E-state index in [1.807, 2.05) is 24.3 Å². The second-order valence-electron chi connectivity index (χ2n) is 7.45. The van der Waals surface area contributed by atoms with E-state index < -0.39 is 21.9 Å². The molecule has 33 heavy (non-hydrogen) atoms. The van der Waals surface area contributed by atoms with Crippen LogP contribution in [0.4, 0.5) is 4.39 Å². The lowest BCUT2D eigenvalue weighted by molar-refractivity contribution is -0.140. The summed E-state index contributed by atoms with van der Waals surface area (Å²) in [4.78, 5) is 11.4. The predicted octanol–water partition coefficient (Wildman–Crippen LogP) is 4.40. The summed E-state index contributed by atoms with van der Waals surface area (Å²) in [5, 5.41) is 0. The van der Waals surface area contributed by atoms with Gasteiger partial charge in [-0.2, -0.15) is 4.72 Å². The van der Waals surface area contributed by atoms with Gasteiger partial charge < -0.3 is 9.47 Å². The molecule has 0 aromatic heterocycles. The third kappa shape index (κ3) is 6.63. The van der Waals surface area contributed by atoms with Gasteiger partial charge >= 0.3 is 5.97 Å². The fraction of sp³-hybridized carbons (Fsp3) is 0.240. The van der Waals surface area contributed by atoms with Crippen molar-refractivity contribution in [2.45, 2.75) is 30.2 Å². The van der Waals surface area contributed by atoms with Crippen LogP contribution in [0.15, 0.2) is 77.7 Å². The number of halogens is 1. The van der Waals surface area contributed by atoms with Crippen molar-refractivity contribution in [1.29, 1.82) is 0 Å². The number of hydrogen-bond donors (Lipinski definition) is 1. The van der Waals surface area contributed by atoms with Crippen LogP contribution in [0.2, 0.25) is 0 Å². The Kier molecular flexibility index (Phi) is 8.19. The van der Waals surface area contributed by atoms with Gasteiger partial charge in [0, 0.05) is 6.42 Å². The first-order chi connectivity index (χ1) is 15.8. The number of rotatable bonds is 10. The minimum Gasteiger partial charge on any atom is -0.497 e. The van der Waals surface area contributed by atoms with Gasteiger partial charge in [-0.3, -0.25) is 4.79 Å². The van der Waals surface area contributed by atoms with Crippen molar-refractivity contribution in [3.63, 3.8) is 0 Å². The average Bonchev–Trinajstić information content (AvgIpc) is 2.83. The minimum atomic E-state index is -3.88. The van der Waals surface area contributed by atoms with Gasteiger partial charge in [-0.25, -0.2) is 12.8 Å². The molecular formula is C25H26FNO5S. The topological polar surface area (TPSA) is 81.7 Å². The van der Waals surface area contributed by atoms with Crippen LogP contribution in [0.3, 0.4) is 0 Å². The molecule has 0 saturated carbocycles. The van der Waals surface area contributed by atoms with E-state index >= 15 is 0 Å². The molecule has 0 bridgehead atoms. The van der Waals surface area contributed by atoms with Gasteiger partial charge in [-0.1, -0.05) is 36.4 Å². The maximum atomic E-state index is 13.5. The lowest BCUT2D eigenvalue weighted by atomic mass is 9.97. The van der Waals surface area contributed by atoms with E-state index in [2.05, 4.69) is 9.46 Å². The highest BCUT2D eigenvalue weighted by atomic mass is 32.2. The second kappa shape index (κ2) is 11.1. The Morgan fingerprint density at radius 1 is 0.909 bits per heavy atom. The van der Waals surface area contributed by atoms with E-state index in [4.69, 9.17) is 4.74 Å². The van der Waals surface area contributed by atoms with Crippen LogP contribution in [0, 0.1) is 5.82 Å². The molecule has 0 aliphatic carbocycles. The first-order valence-corrected chi connectivity index (χ1v) is 11.9. The fourth-order valence-electron chi connectivity index (χ4n) is 3.38. The quantitative estimate of drug-likeness (QED) is 0.444. The number of carbonyl (C=O) groups excluding carboxylic acids is 1. The summed E-state index contributed by atoms with van der Waals surface area (Å²) in [6.07, 6.45) is 1.67. The molecule has 0 fully saturated rings. The monoisotopic (exact) mass is 471 g/mol. The van der Waals surface area contributed by atoms with Gasteiger partial charge in [0.15, 0.2) is 0 Å². The molecular weight excluding hydrogens is 445 g/mol. The van der Waals surface area contributed by atoms with Crippen LogP contribution in [0.25, 0.3) is 0 Å². The largest absolute Gasteiger partial charge is 0.497 e. The molecule has 1 unspecified atom stereocenters.